The SMILES string of the molecule is Cn1cc(-c2ccc(CN3CC4(CCN(C5COC5)CC4)c4ccccc43)c(F)c2)cn1. The normalized spacial score (nSPS) is 20.5. The Hall–Kier alpha value is -2.70. The third kappa shape index (κ3) is 3.33. The molecule has 2 aromatic carbocycles. The average molecular weight is 433 g/mol. The molecule has 0 bridgehead atoms. The van der Waals surface area contributed by atoms with Crippen LogP contribution in [0.25, 0.3) is 11.1 Å². The lowest BCUT2D eigenvalue weighted by Crippen LogP contribution is -2.54. The van der Waals surface area contributed by atoms with Crippen molar-refractivity contribution >= 4 is 5.69 Å². The third-order valence-electron chi connectivity index (χ3n) is 7.65. The van der Waals surface area contributed by atoms with Crippen LogP contribution in [-0.4, -0.2) is 53.6 Å². The first-order valence-corrected chi connectivity index (χ1v) is 11.6. The average Bonchev–Trinajstić information content (AvgIpc) is 3.33. The van der Waals surface area contributed by atoms with Crippen molar-refractivity contribution in [3.8, 4) is 11.1 Å². The van der Waals surface area contributed by atoms with E-state index in [1.165, 1.54) is 11.3 Å². The Morgan fingerprint density at radius 1 is 1.09 bits per heavy atom. The fraction of sp³-hybridized carbons (Fsp3) is 0.423. The van der Waals surface area contributed by atoms with Crippen molar-refractivity contribution in [3.05, 3.63) is 71.8 Å². The number of rotatable bonds is 4. The van der Waals surface area contributed by atoms with Crippen LogP contribution in [0, 0.1) is 5.82 Å². The van der Waals surface area contributed by atoms with E-state index in [-0.39, 0.29) is 11.2 Å². The first-order chi connectivity index (χ1) is 15.6. The van der Waals surface area contributed by atoms with Gasteiger partial charge < -0.3 is 9.64 Å². The number of aryl methyl sites for hydroxylation is 1. The van der Waals surface area contributed by atoms with E-state index in [9.17, 15) is 0 Å². The number of fused-ring (bicyclic) bond motifs is 2. The Balaban J connectivity index is 1.23. The summed E-state index contributed by atoms with van der Waals surface area (Å²) in [5, 5.41) is 4.20. The summed E-state index contributed by atoms with van der Waals surface area (Å²) < 4.78 is 22.3. The summed E-state index contributed by atoms with van der Waals surface area (Å²) in [6.45, 7) is 5.55. The van der Waals surface area contributed by atoms with Crippen LogP contribution in [0.3, 0.4) is 0 Å². The quantitative estimate of drug-likeness (QED) is 0.625. The fourth-order valence-electron chi connectivity index (χ4n) is 5.68. The van der Waals surface area contributed by atoms with Gasteiger partial charge in [0.1, 0.15) is 5.82 Å². The Bertz CT molecular complexity index is 1130. The number of nitrogens with zero attached hydrogens (tertiary/aromatic N) is 4. The molecule has 0 atom stereocenters. The molecule has 0 radical (unpaired) electrons. The van der Waals surface area contributed by atoms with E-state index in [1.807, 2.05) is 25.4 Å². The second-order valence-electron chi connectivity index (χ2n) is 9.59. The van der Waals surface area contributed by atoms with E-state index in [0.717, 1.165) is 62.4 Å². The first-order valence-electron chi connectivity index (χ1n) is 11.6. The summed E-state index contributed by atoms with van der Waals surface area (Å²) in [6.07, 6.45) is 5.99. The number of para-hydroxylation sites is 1. The maximum atomic E-state index is 15.1. The highest BCUT2D eigenvalue weighted by atomic mass is 19.1. The van der Waals surface area contributed by atoms with Crippen LogP contribution in [0.4, 0.5) is 10.1 Å². The van der Waals surface area contributed by atoms with E-state index in [0.29, 0.717) is 12.6 Å². The van der Waals surface area contributed by atoms with Gasteiger partial charge >= 0.3 is 0 Å². The molecular weight excluding hydrogens is 403 g/mol. The Labute approximate surface area is 188 Å². The zero-order chi connectivity index (χ0) is 21.7. The van der Waals surface area contributed by atoms with Crippen LogP contribution in [0.5, 0.6) is 0 Å². The molecule has 1 spiro atoms. The Morgan fingerprint density at radius 3 is 2.59 bits per heavy atom. The number of hydrogen-bond donors (Lipinski definition) is 0. The van der Waals surface area contributed by atoms with E-state index in [1.54, 1.807) is 16.9 Å². The van der Waals surface area contributed by atoms with Gasteiger partial charge in [0, 0.05) is 48.6 Å². The zero-order valence-corrected chi connectivity index (χ0v) is 18.5. The standard InChI is InChI=1S/C26H29FN4O/c1-29-14-21(13-28-29)19-6-7-20(24(27)12-19)15-31-18-26(23-4-2-3-5-25(23)31)8-10-30(11-9-26)22-16-32-17-22/h2-7,12-14,22H,8-11,15-18H2,1H3. The second kappa shape index (κ2) is 7.71. The summed E-state index contributed by atoms with van der Waals surface area (Å²) in [5.74, 6) is -0.149. The summed E-state index contributed by atoms with van der Waals surface area (Å²) in [7, 11) is 1.87. The van der Waals surface area contributed by atoms with Gasteiger partial charge in [-0.25, -0.2) is 4.39 Å². The van der Waals surface area contributed by atoms with Gasteiger partial charge in [-0.3, -0.25) is 9.58 Å². The van der Waals surface area contributed by atoms with Crippen LogP contribution >= 0.6 is 0 Å². The number of aromatic nitrogens is 2. The van der Waals surface area contributed by atoms with Crippen LogP contribution in [0.2, 0.25) is 0 Å². The largest absolute Gasteiger partial charge is 0.378 e. The van der Waals surface area contributed by atoms with E-state index in [4.69, 9.17) is 4.74 Å². The molecule has 2 saturated heterocycles. The van der Waals surface area contributed by atoms with Gasteiger partial charge in [0.05, 0.1) is 25.5 Å². The molecule has 6 heteroatoms. The fourth-order valence-corrected chi connectivity index (χ4v) is 5.68. The molecule has 2 fully saturated rings. The third-order valence-corrected chi connectivity index (χ3v) is 7.65. The van der Waals surface area contributed by atoms with E-state index in [2.05, 4.69) is 39.2 Å². The summed E-state index contributed by atoms with van der Waals surface area (Å²) in [6, 6.07) is 14.9. The van der Waals surface area contributed by atoms with Crippen molar-refractivity contribution in [3.63, 3.8) is 0 Å². The lowest BCUT2D eigenvalue weighted by atomic mass is 9.74. The molecule has 5 nitrogen and oxygen atoms in total. The van der Waals surface area contributed by atoms with Crippen molar-refractivity contribution in [1.29, 1.82) is 0 Å². The predicted octanol–water partition coefficient (Wildman–Crippen LogP) is 3.98. The minimum atomic E-state index is -0.149. The number of piperidine rings is 1. The second-order valence-corrected chi connectivity index (χ2v) is 9.59. The molecule has 4 heterocycles. The molecule has 166 valence electrons. The number of halogens is 1. The van der Waals surface area contributed by atoms with Gasteiger partial charge in [-0.1, -0.05) is 30.3 Å². The zero-order valence-electron chi connectivity index (χ0n) is 18.5. The first kappa shape index (κ1) is 19.9. The van der Waals surface area contributed by atoms with Gasteiger partial charge in [-0.2, -0.15) is 5.10 Å². The molecule has 0 aliphatic carbocycles. The van der Waals surface area contributed by atoms with Crippen molar-refractivity contribution in [2.45, 2.75) is 30.8 Å². The summed E-state index contributed by atoms with van der Waals surface area (Å²) in [4.78, 5) is 4.98. The highest BCUT2D eigenvalue weighted by molar-refractivity contribution is 5.65. The van der Waals surface area contributed by atoms with Gasteiger partial charge in [0.25, 0.3) is 0 Å². The van der Waals surface area contributed by atoms with E-state index >= 15 is 4.39 Å². The van der Waals surface area contributed by atoms with Crippen molar-refractivity contribution < 1.29 is 9.13 Å². The molecule has 0 saturated carbocycles. The lowest BCUT2D eigenvalue weighted by molar-refractivity contribution is -0.0752. The van der Waals surface area contributed by atoms with Gasteiger partial charge in [0.2, 0.25) is 0 Å². The molecule has 1 aromatic heterocycles. The number of ether oxygens (including phenoxy) is 1. The summed E-state index contributed by atoms with van der Waals surface area (Å²) >= 11 is 0. The highest BCUT2D eigenvalue weighted by Gasteiger charge is 2.45. The Kier molecular flexibility index (Phi) is 4.81. The molecule has 6 rings (SSSR count). The molecule has 3 aromatic rings. The molecule has 0 N–H and O–H groups in total. The van der Waals surface area contributed by atoms with Crippen LogP contribution in [0.1, 0.15) is 24.0 Å². The summed E-state index contributed by atoms with van der Waals surface area (Å²) in [5.41, 5.74) is 5.43. The van der Waals surface area contributed by atoms with Crippen molar-refractivity contribution in [2.24, 2.45) is 7.05 Å². The lowest BCUT2D eigenvalue weighted by Gasteiger charge is -2.45. The van der Waals surface area contributed by atoms with Crippen LogP contribution in [0.15, 0.2) is 54.9 Å². The molecule has 3 aliphatic heterocycles. The molecule has 0 amide bonds. The molecular formula is C26H29FN4O. The highest BCUT2D eigenvalue weighted by Crippen LogP contribution is 2.47. The predicted molar refractivity (Wildman–Crippen MR) is 123 cm³/mol. The molecule has 0 unspecified atom stereocenters. The Morgan fingerprint density at radius 2 is 1.91 bits per heavy atom. The minimum Gasteiger partial charge on any atom is -0.378 e. The molecule has 32 heavy (non-hydrogen) atoms. The topological polar surface area (TPSA) is 33.5 Å². The maximum Gasteiger partial charge on any atom is 0.128 e. The van der Waals surface area contributed by atoms with Crippen molar-refractivity contribution in [1.82, 2.24) is 14.7 Å². The van der Waals surface area contributed by atoms with Gasteiger partial charge in [-0.05, 0) is 49.2 Å². The van der Waals surface area contributed by atoms with Gasteiger partial charge in [0.15, 0.2) is 0 Å². The van der Waals surface area contributed by atoms with Crippen LogP contribution < -0.4 is 4.90 Å². The maximum absolute atomic E-state index is 15.1. The van der Waals surface area contributed by atoms with Gasteiger partial charge in [-0.15, -0.1) is 0 Å². The molecule has 3 aliphatic rings. The number of anilines is 1. The smallest absolute Gasteiger partial charge is 0.128 e. The number of hydrogen-bond acceptors (Lipinski definition) is 4. The number of likely N-dealkylation sites (tertiary alicyclic amines) is 1. The van der Waals surface area contributed by atoms with E-state index < -0.39 is 0 Å². The minimum absolute atomic E-state index is 0.149. The monoisotopic (exact) mass is 432 g/mol. The number of benzene rings is 2. The van der Waals surface area contributed by atoms with Crippen LogP contribution in [-0.2, 0) is 23.7 Å². The van der Waals surface area contributed by atoms with Crippen molar-refractivity contribution in [2.75, 3.05) is 37.7 Å².